The third kappa shape index (κ3) is 11.7. The van der Waals surface area contributed by atoms with Gasteiger partial charge in [-0.05, 0) is 81.5 Å². The minimum absolute atomic E-state index is 0.104. The van der Waals surface area contributed by atoms with Gasteiger partial charge in [-0.3, -0.25) is 15.3 Å². The van der Waals surface area contributed by atoms with Gasteiger partial charge in [-0.1, -0.05) is 32.6 Å². The van der Waals surface area contributed by atoms with E-state index in [-0.39, 0.29) is 55.0 Å². The van der Waals surface area contributed by atoms with Gasteiger partial charge in [-0.15, -0.1) is 0 Å². The Morgan fingerprint density at radius 2 is 1.63 bits per heavy atom. The maximum atomic E-state index is 12.1. The summed E-state index contributed by atoms with van der Waals surface area (Å²) in [4.78, 5) is 24.0. The van der Waals surface area contributed by atoms with Crippen molar-refractivity contribution in [1.29, 1.82) is 0 Å². The molecule has 41 heavy (non-hydrogen) atoms. The molecule has 0 radical (unpaired) electrons. The van der Waals surface area contributed by atoms with Crippen molar-refractivity contribution in [2.75, 3.05) is 13.2 Å². The van der Waals surface area contributed by atoms with E-state index < -0.39 is 6.10 Å². The number of nitrogens with two attached hydrogens (primary N) is 2. The van der Waals surface area contributed by atoms with Crippen molar-refractivity contribution in [2.45, 2.75) is 154 Å². The van der Waals surface area contributed by atoms with Crippen LogP contribution < -0.4 is 11.1 Å². The summed E-state index contributed by atoms with van der Waals surface area (Å²) in [5.74, 6) is 0.648. The van der Waals surface area contributed by atoms with E-state index in [9.17, 15) is 19.8 Å². The number of aliphatic hydroxyl groups is 2. The highest BCUT2D eigenvalue weighted by molar-refractivity contribution is 5.66. The lowest BCUT2D eigenvalue weighted by Gasteiger charge is -2.45. The molecule has 2 aliphatic carbocycles. The molecule has 6 unspecified atom stereocenters. The first-order valence-electron chi connectivity index (χ1n) is 16.6. The Kier molecular flexibility index (Phi) is 14.8. The SMILES string of the molecule is CC[C@H](CO)CC[C@@H](C[C@@H](CCC1CC(OC2CCCCC2)C(O)CC1C1CC[NH2+]C(N)C1)OC(C)=O)OC(C)=O. The zero-order valence-corrected chi connectivity index (χ0v) is 25.9. The topological polar surface area (TPSA) is 145 Å². The van der Waals surface area contributed by atoms with Crippen LogP contribution in [0.2, 0.25) is 0 Å². The minimum atomic E-state index is -0.462. The van der Waals surface area contributed by atoms with Crippen molar-refractivity contribution >= 4 is 11.9 Å². The molecule has 1 aliphatic heterocycles. The van der Waals surface area contributed by atoms with Crippen LogP contribution in [-0.4, -0.2) is 72.0 Å². The molecule has 2 saturated carbocycles. The Morgan fingerprint density at radius 1 is 0.951 bits per heavy atom. The number of esters is 2. The maximum absolute atomic E-state index is 12.1. The van der Waals surface area contributed by atoms with Crippen LogP contribution in [0.4, 0.5) is 0 Å². The van der Waals surface area contributed by atoms with Gasteiger partial charge in [-0.25, -0.2) is 0 Å². The quantitative estimate of drug-likeness (QED) is 0.215. The highest BCUT2D eigenvalue weighted by Crippen LogP contribution is 2.43. The first kappa shape index (κ1) is 34.2. The zero-order valence-electron chi connectivity index (χ0n) is 25.9. The van der Waals surface area contributed by atoms with E-state index in [1.807, 2.05) is 6.92 Å². The van der Waals surface area contributed by atoms with Crippen molar-refractivity contribution in [3.05, 3.63) is 0 Å². The van der Waals surface area contributed by atoms with Gasteiger partial charge in [0.1, 0.15) is 18.4 Å². The van der Waals surface area contributed by atoms with Crippen LogP contribution in [-0.2, 0) is 23.8 Å². The molecule has 238 valence electrons. The normalized spacial score (nSPS) is 31.7. The lowest BCUT2D eigenvalue weighted by molar-refractivity contribution is -0.699. The van der Waals surface area contributed by atoms with Crippen molar-refractivity contribution < 1.29 is 39.3 Å². The fourth-order valence-electron chi connectivity index (χ4n) is 7.69. The van der Waals surface area contributed by atoms with Gasteiger partial charge < -0.3 is 29.7 Å². The molecule has 3 rings (SSSR count). The summed E-state index contributed by atoms with van der Waals surface area (Å²) >= 11 is 0. The summed E-state index contributed by atoms with van der Waals surface area (Å²) in [6, 6.07) is 0. The van der Waals surface area contributed by atoms with E-state index in [0.29, 0.717) is 37.0 Å². The number of carbonyl (C=O) groups is 2. The molecule has 9 nitrogen and oxygen atoms in total. The first-order valence-corrected chi connectivity index (χ1v) is 16.6. The van der Waals surface area contributed by atoms with Gasteiger partial charge in [0.25, 0.3) is 0 Å². The molecule has 1 saturated heterocycles. The Labute approximate surface area is 247 Å². The van der Waals surface area contributed by atoms with Crippen LogP contribution in [0.25, 0.3) is 0 Å². The first-order chi connectivity index (χ1) is 19.7. The van der Waals surface area contributed by atoms with Crippen LogP contribution in [0, 0.1) is 23.7 Å². The molecule has 0 aromatic carbocycles. The standard InChI is InChI=1S/C32H58N2O7/c1-4-23(20-35)10-12-27(39-21(2)36)18-28(40-22(3)37)13-11-24-16-31(41-26-8-6-5-7-9-26)30(38)19-29(24)25-14-15-34-32(33)17-25/h23-32,34-35,38H,4-20,33H2,1-3H3/p+1/t23-,24?,25?,27-,28+,29?,30?,31?,32?/m0/s1. The lowest BCUT2D eigenvalue weighted by atomic mass is 9.66. The Hall–Kier alpha value is -1.26. The maximum Gasteiger partial charge on any atom is 0.302 e. The van der Waals surface area contributed by atoms with Crippen molar-refractivity contribution in [3.8, 4) is 0 Å². The predicted octanol–water partition coefficient (Wildman–Crippen LogP) is 3.18. The number of quaternary nitrogens is 1. The highest BCUT2D eigenvalue weighted by Gasteiger charge is 2.43. The predicted molar refractivity (Wildman–Crippen MR) is 157 cm³/mol. The van der Waals surface area contributed by atoms with Gasteiger partial charge in [0.15, 0.2) is 0 Å². The molecule has 3 aliphatic rings. The van der Waals surface area contributed by atoms with Gasteiger partial charge in [0.2, 0.25) is 0 Å². The lowest BCUT2D eigenvalue weighted by Crippen LogP contribution is -2.94. The number of hydrogen-bond donors (Lipinski definition) is 4. The summed E-state index contributed by atoms with van der Waals surface area (Å²) in [7, 11) is 0. The van der Waals surface area contributed by atoms with Crippen molar-refractivity contribution in [1.82, 2.24) is 0 Å². The van der Waals surface area contributed by atoms with Gasteiger partial charge >= 0.3 is 11.9 Å². The number of ether oxygens (including phenoxy) is 3. The fourth-order valence-corrected chi connectivity index (χ4v) is 7.69. The third-order valence-corrected chi connectivity index (χ3v) is 9.97. The second-order valence-corrected chi connectivity index (χ2v) is 13.2. The average Bonchev–Trinajstić information content (AvgIpc) is 2.93. The average molecular weight is 584 g/mol. The smallest absolute Gasteiger partial charge is 0.302 e. The van der Waals surface area contributed by atoms with Crippen LogP contribution in [0.5, 0.6) is 0 Å². The molecule has 0 aromatic heterocycles. The Morgan fingerprint density at radius 3 is 2.24 bits per heavy atom. The van der Waals surface area contributed by atoms with Crippen LogP contribution in [0.15, 0.2) is 0 Å². The molecule has 1 heterocycles. The van der Waals surface area contributed by atoms with E-state index in [0.717, 1.165) is 64.3 Å². The van der Waals surface area contributed by atoms with E-state index in [1.165, 1.54) is 33.1 Å². The van der Waals surface area contributed by atoms with Crippen LogP contribution in [0.1, 0.15) is 117 Å². The summed E-state index contributed by atoms with van der Waals surface area (Å²) in [5, 5.41) is 23.1. The van der Waals surface area contributed by atoms with E-state index in [4.69, 9.17) is 19.9 Å². The van der Waals surface area contributed by atoms with Crippen LogP contribution >= 0.6 is 0 Å². The number of hydrogen-bond acceptors (Lipinski definition) is 8. The largest absolute Gasteiger partial charge is 0.462 e. The second kappa shape index (κ2) is 17.8. The molecule has 0 aromatic rings. The summed E-state index contributed by atoms with van der Waals surface area (Å²) < 4.78 is 18.0. The molecule has 9 atom stereocenters. The van der Waals surface area contributed by atoms with E-state index in [2.05, 4.69) is 5.32 Å². The number of rotatable bonds is 15. The molecule has 0 spiro atoms. The number of piperidine rings is 1. The summed E-state index contributed by atoms with van der Waals surface area (Å²) in [5.41, 5.74) is 6.35. The second-order valence-electron chi connectivity index (χ2n) is 13.2. The molecular weight excluding hydrogens is 524 g/mol. The minimum Gasteiger partial charge on any atom is -0.462 e. The molecular formula is C32H59N2O7+. The van der Waals surface area contributed by atoms with E-state index >= 15 is 0 Å². The zero-order chi connectivity index (χ0) is 29.8. The summed E-state index contributed by atoms with van der Waals surface area (Å²) in [6.45, 7) is 6.01. The van der Waals surface area contributed by atoms with Crippen molar-refractivity contribution in [2.24, 2.45) is 29.4 Å². The third-order valence-electron chi connectivity index (χ3n) is 9.97. The fraction of sp³-hybridized carbons (Fsp3) is 0.938. The number of carbonyl (C=O) groups excluding carboxylic acids is 2. The van der Waals surface area contributed by atoms with Crippen LogP contribution in [0.3, 0.4) is 0 Å². The van der Waals surface area contributed by atoms with E-state index in [1.54, 1.807) is 0 Å². The van der Waals surface area contributed by atoms with Gasteiger partial charge in [-0.2, -0.15) is 0 Å². The van der Waals surface area contributed by atoms with Gasteiger partial charge in [0, 0.05) is 33.3 Å². The molecule has 0 amide bonds. The Bertz CT molecular complexity index is 773. The monoisotopic (exact) mass is 583 g/mol. The Balaban J connectivity index is 1.70. The van der Waals surface area contributed by atoms with Gasteiger partial charge in [0.05, 0.1) is 24.9 Å². The molecule has 6 N–H and O–H groups in total. The molecule has 9 heteroatoms. The summed E-state index contributed by atoms with van der Waals surface area (Å²) in [6.07, 6.45) is 12.6. The molecule has 3 fully saturated rings. The van der Waals surface area contributed by atoms with Crippen molar-refractivity contribution in [3.63, 3.8) is 0 Å². The highest BCUT2D eigenvalue weighted by atomic mass is 16.6. The molecule has 0 bridgehead atoms. The number of aliphatic hydroxyl groups excluding tert-OH is 2.